The van der Waals surface area contributed by atoms with Crippen LogP contribution in [-0.4, -0.2) is 28.9 Å². The predicted octanol–water partition coefficient (Wildman–Crippen LogP) is 6.08. The van der Waals surface area contributed by atoms with Crippen molar-refractivity contribution >= 4 is 11.4 Å². The van der Waals surface area contributed by atoms with E-state index < -0.39 is 5.79 Å². The second-order valence-corrected chi connectivity index (χ2v) is 12.1. The van der Waals surface area contributed by atoms with Crippen LogP contribution in [0.3, 0.4) is 0 Å². The molecule has 6 rings (SSSR count). The fourth-order valence-corrected chi connectivity index (χ4v) is 8.71. The lowest BCUT2D eigenvalue weighted by atomic mass is 9.43. The Morgan fingerprint density at radius 1 is 1.00 bits per heavy atom. The second-order valence-electron chi connectivity index (χ2n) is 12.1. The quantitative estimate of drug-likeness (QED) is 0.418. The molecule has 0 bridgehead atoms. The van der Waals surface area contributed by atoms with Crippen LogP contribution in [0.1, 0.15) is 65.4 Å². The van der Waals surface area contributed by atoms with E-state index in [9.17, 15) is 9.90 Å². The summed E-state index contributed by atoms with van der Waals surface area (Å²) in [4.78, 5) is 12.8. The van der Waals surface area contributed by atoms with Crippen molar-refractivity contribution in [1.82, 2.24) is 0 Å². The minimum atomic E-state index is -0.635. The SMILES string of the molecule is CC1(C)O[C@H]2[C@H](O1)[C@H]1CC(=O)C(=CO)C[C@]1(C)[C@H]1CC[C@]3(C)C(c4ccccc4)=CC[C@H]3[C@H]21. The van der Waals surface area contributed by atoms with Crippen molar-refractivity contribution < 1.29 is 19.4 Å². The van der Waals surface area contributed by atoms with Gasteiger partial charge in [-0.25, -0.2) is 0 Å². The highest BCUT2D eigenvalue weighted by Crippen LogP contribution is 2.69. The molecular weight excluding hydrogens is 412 g/mol. The number of aliphatic hydroxyl groups excluding tert-OH is 1. The first-order chi connectivity index (χ1) is 15.7. The Kier molecular flexibility index (Phi) is 4.62. The molecule has 176 valence electrons. The third-order valence-electron chi connectivity index (χ3n) is 10.1. The number of ether oxygens (including phenoxy) is 2. The third-order valence-corrected chi connectivity index (χ3v) is 10.1. The molecule has 33 heavy (non-hydrogen) atoms. The topological polar surface area (TPSA) is 55.8 Å². The third kappa shape index (κ3) is 2.93. The summed E-state index contributed by atoms with van der Waals surface area (Å²) in [6.07, 6.45) is 7.92. The average molecular weight is 449 g/mol. The highest BCUT2D eigenvalue weighted by Gasteiger charge is 2.68. The first kappa shape index (κ1) is 21.6. The maximum absolute atomic E-state index is 12.8. The number of hydrogen-bond donors (Lipinski definition) is 1. The highest BCUT2D eigenvalue weighted by molar-refractivity contribution is 5.96. The van der Waals surface area contributed by atoms with E-state index in [1.807, 2.05) is 13.8 Å². The Morgan fingerprint density at radius 3 is 2.45 bits per heavy atom. The molecule has 1 aliphatic heterocycles. The molecule has 1 aromatic rings. The van der Waals surface area contributed by atoms with Crippen LogP contribution in [-0.2, 0) is 14.3 Å². The Morgan fingerprint density at radius 2 is 1.73 bits per heavy atom. The summed E-state index contributed by atoms with van der Waals surface area (Å²) in [5.74, 6) is 0.888. The lowest BCUT2D eigenvalue weighted by Crippen LogP contribution is -2.63. The molecule has 0 unspecified atom stereocenters. The molecule has 4 nitrogen and oxygen atoms in total. The van der Waals surface area contributed by atoms with Gasteiger partial charge in [-0.3, -0.25) is 4.79 Å². The van der Waals surface area contributed by atoms with Crippen molar-refractivity contribution in [3.8, 4) is 0 Å². The van der Waals surface area contributed by atoms with Crippen LogP contribution >= 0.6 is 0 Å². The van der Waals surface area contributed by atoms with E-state index in [0.29, 0.717) is 36.2 Å². The molecule has 4 aliphatic carbocycles. The van der Waals surface area contributed by atoms with Gasteiger partial charge in [-0.2, -0.15) is 0 Å². The molecule has 0 aromatic heterocycles. The number of allylic oxidation sites excluding steroid dienone is 3. The molecule has 8 atom stereocenters. The van der Waals surface area contributed by atoms with Crippen LogP contribution in [0.5, 0.6) is 0 Å². The lowest BCUT2D eigenvalue weighted by molar-refractivity contribution is -0.168. The maximum atomic E-state index is 12.8. The van der Waals surface area contributed by atoms with Gasteiger partial charge in [0.25, 0.3) is 0 Å². The first-order valence-electron chi connectivity index (χ1n) is 12.7. The molecule has 0 amide bonds. The standard InChI is InChI=1S/C29H36O4/c1-27(2)32-25-22-14-23(31)18(16-30)15-29(22,4)21-12-13-28(3)19(17-8-6-5-7-9-17)10-11-20(28)24(21)26(25)33-27/h5-10,16,20-22,24-26,30H,11-15H2,1-4H3/t20-,21-,22+,24-,25+,26+,28+,29+/m0/s1. The van der Waals surface area contributed by atoms with E-state index in [1.54, 1.807) is 0 Å². The smallest absolute Gasteiger partial charge is 0.163 e. The zero-order valence-electron chi connectivity index (χ0n) is 20.2. The minimum Gasteiger partial charge on any atom is -0.515 e. The Bertz CT molecular complexity index is 1040. The van der Waals surface area contributed by atoms with Crippen molar-refractivity contribution in [3.05, 3.63) is 53.8 Å². The minimum absolute atomic E-state index is 0.0173. The van der Waals surface area contributed by atoms with E-state index in [-0.39, 0.29) is 34.7 Å². The number of carbonyl (C=O) groups is 1. The molecule has 5 aliphatic rings. The molecule has 4 heteroatoms. The number of Topliss-reactive ketones (excluding diaryl/α,β-unsaturated/α-hetero) is 1. The zero-order valence-corrected chi connectivity index (χ0v) is 20.2. The molecule has 1 aromatic carbocycles. The van der Waals surface area contributed by atoms with Crippen LogP contribution < -0.4 is 0 Å². The Labute approximate surface area is 197 Å². The summed E-state index contributed by atoms with van der Waals surface area (Å²) >= 11 is 0. The van der Waals surface area contributed by atoms with Crippen LogP contribution in [0.4, 0.5) is 0 Å². The average Bonchev–Trinajstić information content (AvgIpc) is 3.30. The van der Waals surface area contributed by atoms with Crippen molar-refractivity contribution in [3.63, 3.8) is 0 Å². The van der Waals surface area contributed by atoms with Gasteiger partial charge < -0.3 is 14.6 Å². The van der Waals surface area contributed by atoms with Gasteiger partial charge in [0.2, 0.25) is 0 Å². The van der Waals surface area contributed by atoms with Gasteiger partial charge >= 0.3 is 0 Å². The molecule has 3 saturated carbocycles. The molecule has 4 fully saturated rings. The molecular formula is C29H36O4. The molecule has 0 radical (unpaired) electrons. The number of hydrogen-bond acceptors (Lipinski definition) is 4. The molecule has 1 N–H and O–H groups in total. The van der Waals surface area contributed by atoms with Crippen molar-refractivity contribution in [1.29, 1.82) is 0 Å². The van der Waals surface area contributed by atoms with Crippen molar-refractivity contribution in [2.45, 2.75) is 77.8 Å². The van der Waals surface area contributed by atoms with Gasteiger partial charge in [0.1, 0.15) is 0 Å². The van der Waals surface area contributed by atoms with Gasteiger partial charge in [-0.15, -0.1) is 0 Å². The van der Waals surface area contributed by atoms with E-state index in [4.69, 9.17) is 9.47 Å². The summed E-state index contributed by atoms with van der Waals surface area (Å²) < 4.78 is 13.3. The molecule has 1 saturated heterocycles. The molecule has 0 spiro atoms. The largest absolute Gasteiger partial charge is 0.515 e. The van der Waals surface area contributed by atoms with E-state index in [1.165, 1.54) is 11.1 Å². The highest BCUT2D eigenvalue weighted by atomic mass is 16.8. The summed E-state index contributed by atoms with van der Waals surface area (Å²) in [5.41, 5.74) is 3.46. The number of rotatable bonds is 1. The number of ketones is 1. The normalized spacial score (nSPS) is 46.8. The first-order valence-corrected chi connectivity index (χ1v) is 12.7. The zero-order chi connectivity index (χ0) is 23.2. The van der Waals surface area contributed by atoms with Gasteiger partial charge in [0.05, 0.1) is 18.5 Å². The van der Waals surface area contributed by atoms with Gasteiger partial charge in [-0.05, 0) is 79.3 Å². The van der Waals surface area contributed by atoms with Crippen LogP contribution in [0, 0.1) is 34.5 Å². The lowest BCUT2D eigenvalue weighted by Gasteiger charge is -2.62. The fourth-order valence-electron chi connectivity index (χ4n) is 8.71. The fraction of sp³-hybridized carbons (Fsp3) is 0.621. The second kappa shape index (κ2) is 7.05. The predicted molar refractivity (Wildman–Crippen MR) is 127 cm³/mol. The van der Waals surface area contributed by atoms with Crippen LogP contribution in [0.15, 0.2) is 48.2 Å². The van der Waals surface area contributed by atoms with Crippen LogP contribution in [0.25, 0.3) is 5.57 Å². The van der Waals surface area contributed by atoms with Gasteiger partial charge in [0, 0.05) is 17.9 Å². The Balaban J connectivity index is 1.43. The van der Waals surface area contributed by atoms with E-state index in [0.717, 1.165) is 25.5 Å². The summed E-state index contributed by atoms with van der Waals surface area (Å²) in [7, 11) is 0. The maximum Gasteiger partial charge on any atom is 0.163 e. The van der Waals surface area contributed by atoms with Gasteiger partial charge in [0.15, 0.2) is 11.6 Å². The number of fused-ring (bicyclic) bond motifs is 8. The Hall–Kier alpha value is -1.91. The van der Waals surface area contributed by atoms with Gasteiger partial charge in [-0.1, -0.05) is 50.3 Å². The molecule has 1 heterocycles. The van der Waals surface area contributed by atoms with Crippen molar-refractivity contribution in [2.75, 3.05) is 0 Å². The number of aliphatic hydroxyl groups is 1. The summed E-state index contributed by atoms with van der Waals surface area (Å²) in [5, 5.41) is 9.84. The van der Waals surface area contributed by atoms with E-state index in [2.05, 4.69) is 50.3 Å². The summed E-state index contributed by atoms with van der Waals surface area (Å²) in [6.45, 7) is 8.87. The monoisotopic (exact) mass is 448 g/mol. The number of benzene rings is 1. The van der Waals surface area contributed by atoms with Crippen molar-refractivity contribution in [2.24, 2.45) is 34.5 Å². The van der Waals surface area contributed by atoms with Crippen LogP contribution in [0.2, 0.25) is 0 Å². The summed E-state index contributed by atoms with van der Waals surface area (Å²) in [6, 6.07) is 10.9. The number of carbonyl (C=O) groups excluding carboxylic acids is 1. The van der Waals surface area contributed by atoms with E-state index >= 15 is 0 Å².